The molecule has 0 aromatic heterocycles. The van der Waals surface area contributed by atoms with Crippen LogP contribution in [-0.2, 0) is 4.74 Å². The molecule has 0 saturated carbocycles. The van der Waals surface area contributed by atoms with Crippen molar-refractivity contribution in [2.24, 2.45) is 0 Å². The summed E-state index contributed by atoms with van der Waals surface area (Å²) in [5, 5.41) is 3.25. The lowest BCUT2D eigenvalue weighted by atomic mass is 9.82. The van der Waals surface area contributed by atoms with Gasteiger partial charge in [0.1, 0.15) is 12.4 Å². The van der Waals surface area contributed by atoms with Gasteiger partial charge in [0.2, 0.25) is 0 Å². The van der Waals surface area contributed by atoms with Gasteiger partial charge in [-0.15, -0.1) is 0 Å². The lowest BCUT2D eigenvalue weighted by Gasteiger charge is -2.23. The van der Waals surface area contributed by atoms with E-state index in [0.29, 0.717) is 46.9 Å². The number of fused-ring (bicyclic) bond motifs is 2. The molecule has 0 unspecified atom stereocenters. The van der Waals surface area contributed by atoms with Crippen molar-refractivity contribution in [1.82, 2.24) is 0 Å². The molecule has 0 saturated heterocycles. The van der Waals surface area contributed by atoms with Gasteiger partial charge in [-0.1, -0.05) is 24.3 Å². The van der Waals surface area contributed by atoms with Crippen molar-refractivity contribution in [2.75, 3.05) is 25.6 Å². The largest absolute Gasteiger partial charge is 0.490 e. The van der Waals surface area contributed by atoms with Crippen molar-refractivity contribution >= 4 is 17.3 Å². The average molecular weight is 339 g/mol. The second-order valence-electron chi connectivity index (χ2n) is 6.21. The van der Waals surface area contributed by atoms with E-state index in [9.17, 15) is 9.59 Å². The number of rotatable bonds is 6. The summed E-state index contributed by atoms with van der Waals surface area (Å²) in [4.78, 5) is 26.1. The van der Waals surface area contributed by atoms with Gasteiger partial charge in [0.05, 0.1) is 17.7 Å². The summed E-state index contributed by atoms with van der Waals surface area (Å²) in [6, 6.07) is 10.6. The lowest BCUT2D eigenvalue weighted by Crippen LogP contribution is -2.24. The molecule has 0 bridgehead atoms. The van der Waals surface area contributed by atoms with Crippen LogP contribution in [0.5, 0.6) is 5.75 Å². The Bertz CT molecular complexity index is 826. The van der Waals surface area contributed by atoms with Crippen molar-refractivity contribution in [2.45, 2.75) is 19.9 Å². The van der Waals surface area contributed by atoms with Crippen molar-refractivity contribution in [3.8, 4) is 5.75 Å². The predicted molar refractivity (Wildman–Crippen MR) is 95.9 cm³/mol. The fraction of sp³-hybridized carbons (Fsp3) is 0.300. The minimum atomic E-state index is -0.190. The fourth-order valence-corrected chi connectivity index (χ4v) is 3.00. The average Bonchev–Trinajstić information content (AvgIpc) is 2.59. The maximum atomic E-state index is 13.1. The molecule has 5 heteroatoms. The predicted octanol–water partition coefficient (Wildman–Crippen LogP) is 3.31. The van der Waals surface area contributed by atoms with Gasteiger partial charge in [0.15, 0.2) is 11.6 Å². The van der Waals surface area contributed by atoms with E-state index in [0.717, 1.165) is 0 Å². The van der Waals surface area contributed by atoms with E-state index >= 15 is 0 Å². The highest BCUT2D eigenvalue weighted by Gasteiger charge is 2.34. The molecule has 2 aromatic carbocycles. The van der Waals surface area contributed by atoms with E-state index in [1.54, 1.807) is 37.4 Å². The van der Waals surface area contributed by atoms with Gasteiger partial charge in [-0.3, -0.25) is 9.59 Å². The van der Waals surface area contributed by atoms with Crippen LogP contribution < -0.4 is 10.1 Å². The van der Waals surface area contributed by atoms with E-state index < -0.39 is 0 Å². The molecule has 0 radical (unpaired) electrons. The number of anilines is 1. The van der Waals surface area contributed by atoms with Crippen LogP contribution in [0.4, 0.5) is 5.69 Å². The van der Waals surface area contributed by atoms with Crippen molar-refractivity contribution < 1.29 is 19.1 Å². The van der Waals surface area contributed by atoms with Gasteiger partial charge in [0, 0.05) is 30.0 Å². The van der Waals surface area contributed by atoms with E-state index in [1.807, 2.05) is 19.9 Å². The number of ether oxygens (including phenoxy) is 2. The second kappa shape index (κ2) is 7.07. The van der Waals surface area contributed by atoms with Crippen LogP contribution in [0.25, 0.3) is 0 Å². The van der Waals surface area contributed by atoms with Crippen molar-refractivity contribution in [3.63, 3.8) is 0 Å². The first-order valence-electron chi connectivity index (χ1n) is 8.28. The number of hydrogen-bond acceptors (Lipinski definition) is 5. The molecular formula is C20H21NO4. The van der Waals surface area contributed by atoms with Gasteiger partial charge < -0.3 is 14.8 Å². The minimum Gasteiger partial charge on any atom is -0.490 e. The Labute approximate surface area is 147 Å². The third-order valence-corrected chi connectivity index (χ3v) is 4.02. The standard InChI is InChI=1S/C20H21NO4/c1-12(2)21-15-8-4-6-13-17(15)19(22)14-7-5-9-16(18(14)20(13)23)25-11-10-24-3/h4-9,12,21H,10-11H2,1-3H3. The zero-order chi connectivity index (χ0) is 18.0. The number of nitrogens with one attached hydrogen (secondary N) is 1. The molecule has 0 heterocycles. The number of carbonyl (C=O) groups excluding carboxylic acids is 2. The molecule has 1 N–H and O–H groups in total. The molecular weight excluding hydrogens is 318 g/mol. The highest BCUT2D eigenvalue weighted by Crippen LogP contribution is 2.36. The molecule has 1 aliphatic carbocycles. The van der Waals surface area contributed by atoms with Crippen LogP contribution in [0.15, 0.2) is 36.4 Å². The van der Waals surface area contributed by atoms with Crippen molar-refractivity contribution in [1.29, 1.82) is 0 Å². The highest BCUT2D eigenvalue weighted by atomic mass is 16.5. The van der Waals surface area contributed by atoms with Gasteiger partial charge in [0.25, 0.3) is 0 Å². The molecule has 1 aliphatic rings. The van der Waals surface area contributed by atoms with Crippen LogP contribution in [0.2, 0.25) is 0 Å². The first kappa shape index (κ1) is 17.2. The molecule has 2 aromatic rings. The van der Waals surface area contributed by atoms with E-state index in [1.165, 1.54) is 0 Å². The van der Waals surface area contributed by atoms with Crippen LogP contribution in [0.3, 0.4) is 0 Å². The number of benzene rings is 2. The van der Waals surface area contributed by atoms with Crippen LogP contribution in [0.1, 0.15) is 45.7 Å². The molecule has 0 atom stereocenters. The van der Waals surface area contributed by atoms with E-state index in [2.05, 4.69) is 5.32 Å². The molecule has 0 amide bonds. The zero-order valence-electron chi connectivity index (χ0n) is 14.6. The second-order valence-corrected chi connectivity index (χ2v) is 6.21. The lowest BCUT2D eigenvalue weighted by molar-refractivity contribution is 0.0973. The smallest absolute Gasteiger partial charge is 0.198 e. The van der Waals surface area contributed by atoms with Crippen LogP contribution in [-0.4, -0.2) is 37.9 Å². The first-order valence-corrected chi connectivity index (χ1v) is 8.28. The first-order chi connectivity index (χ1) is 12.0. The summed E-state index contributed by atoms with van der Waals surface area (Å²) >= 11 is 0. The summed E-state index contributed by atoms with van der Waals surface area (Å²) in [5.74, 6) is 0.0661. The molecule has 0 fully saturated rings. The van der Waals surface area contributed by atoms with Gasteiger partial charge in [-0.25, -0.2) is 0 Å². The molecule has 3 rings (SSSR count). The molecule has 25 heavy (non-hydrogen) atoms. The highest BCUT2D eigenvalue weighted by molar-refractivity contribution is 6.31. The quantitative estimate of drug-likeness (QED) is 0.698. The molecule has 0 spiro atoms. The summed E-state index contributed by atoms with van der Waals surface area (Å²) in [5.41, 5.74) is 2.24. The topological polar surface area (TPSA) is 64.6 Å². The molecule has 0 aliphatic heterocycles. The Kier molecular flexibility index (Phi) is 4.86. The van der Waals surface area contributed by atoms with E-state index in [-0.39, 0.29) is 17.6 Å². The van der Waals surface area contributed by atoms with Gasteiger partial charge in [-0.05, 0) is 26.0 Å². The Hall–Kier alpha value is -2.66. The zero-order valence-corrected chi connectivity index (χ0v) is 14.6. The number of carbonyl (C=O) groups is 2. The maximum Gasteiger partial charge on any atom is 0.198 e. The Morgan fingerprint density at radius 2 is 1.56 bits per heavy atom. The summed E-state index contributed by atoms with van der Waals surface area (Å²) in [6.07, 6.45) is 0. The van der Waals surface area contributed by atoms with Gasteiger partial charge in [-0.2, -0.15) is 0 Å². The molecule has 130 valence electrons. The minimum absolute atomic E-state index is 0.152. The SMILES string of the molecule is COCCOc1cccc2c1C(=O)c1cccc(NC(C)C)c1C2=O. The van der Waals surface area contributed by atoms with E-state index in [4.69, 9.17) is 9.47 Å². The third-order valence-electron chi connectivity index (χ3n) is 4.02. The van der Waals surface area contributed by atoms with Crippen LogP contribution >= 0.6 is 0 Å². The Balaban J connectivity index is 2.08. The number of hydrogen-bond donors (Lipinski definition) is 1. The maximum absolute atomic E-state index is 13.1. The summed E-state index contributed by atoms with van der Waals surface area (Å²) in [6.45, 7) is 4.70. The molecule has 5 nitrogen and oxygen atoms in total. The van der Waals surface area contributed by atoms with Crippen molar-refractivity contribution in [3.05, 3.63) is 58.7 Å². The Morgan fingerprint density at radius 1 is 0.920 bits per heavy atom. The van der Waals surface area contributed by atoms with Crippen LogP contribution in [0, 0.1) is 0 Å². The third kappa shape index (κ3) is 3.15. The summed E-state index contributed by atoms with van der Waals surface area (Å²) in [7, 11) is 1.58. The fourth-order valence-electron chi connectivity index (χ4n) is 3.00. The monoisotopic (exact) mass is 339 g/mol. The summed E-state index contributed by atoms with van der Waals surface area (Å²) < 4.78 is 10.6. The van der Waals surface area contributed by atoms with Gasteiger partial charge >= 0.3 is 0 Å². The number of methoxy groups -OCH3 is 1. The number of ketones is 2. The normalized spacial score (nSPS) is 12.8. The Morgan fingerprint density at radius 3 is 2.24 bits per heavy atom.